The molecule has 0 radical (unpaired) electrons. The van der Waals surface area contributed by atoms with Crippen molar-refractivity contribution in [2.24, 2.45) is 5.73 Å². The monoisotopic (exact) mass is 387 g/mol. The zero-order chi connectivity index (χ0) is 20.1. The van der Waals surface area contributed by atoms with Crippen LogP contribution >= 0.6 is 0 Å². The largest absolute Gasteiger partial charge is 0.366 e. The Labute approximate surface area is 167 Å². The lowest BCUT2D eigenvalue weighted by molar-refractivity contribution is -0.115. The van der Waals surface area contributed by atoms with E-state index < -0.39 is 5.91 Å². The molecule has 0 bridgehead atoms. The van der Waals surface area contributed by atoms with E-state index in [0.29, 0.717) is 12.5 Å². The molecule has 2 heterocycles. The van der Waals surface area contributed by atoms with Crippen LogP contribution in [-0.4, -0.2) is 34.6 Å². The molecule has 1 saturated carbocycles. The van der Waals surface area contributed by atoms with E-state index in [-0.39, 0.29) is 11.6 Å². The molecule has 2 amide bonds. The summed E-state index contributed by atoms with van der Waals surface area (Å²) in [7, 11) is 0. The Morgan fingerprint density at radius 3 is 2.66 bits per heavy atom. The first kappa shape index (κ1) is 17.6. The van der Waals surface area contributed by atoms with E-state index in [0.717, 1.165) is 58.4 Å². The van der Waals surface area contributed by atoms with Crippen molar-refractivity contribution in [3.63, 3.8) is 0 Å². The summed E-state index contributed by atoms with van der Waals surface area (Å²) in [6, 6.07) is 12.4. The number of hydrogen-bond acceptors (Lipinski definition) is 5. The Hall–Kier alpha value is -3.48. The van der Waals surface area contributed by atoms with E-state index >= 15 is 0 Å². The molecule has 29 heavy (non-hydrogen) atoms. The van der Waals surface area contributed by atoms with Crippen LogP contribution in [0.25, 0.3) is 22.0 Å². The summed E-state index contributed by atoms with van der Waals surface area (Å²) < 4.78 is 0. The number of benzene rings is 2. The molecule has 2 aromatic carbocycles. The molecule has 3 N–H and O–H groups in total. The number of fused-ring (bicyclic) bond motifs is 2. The molecule has 3 aromatic rings. The Kier molecular flexibility index (Phi) is 3.97. The highest BCUT2D eigenvalue weighted by Gasteiger charge is 2.32. The number of hydrogen-bond donors (Lipinski definition) is 2. The van der Waals surface area contributed by atoms with Gasteiger partial charge in [-0.25, -0.2) is 0 Å². The topological polar surface area (TPSA) is 101 Å². The summed E-state index contributed by atoms with van der Waals surface area (Å²) in [4.78, 5) is 25.9. The zero-order valence-corrected chi connectivity index (χ0v) is 16.1. The summed E-state index contributed by atoms with van der Waals surface area (Å²) in [5.74, 6) is -0.543. The minimum atomic E-state index is -0.562. The molecule has 1 aromatic heterocycles. The van der Waals surface area contributed by atoms with Gasteiger partial charge in [-0.3, -0.25) is 9.59 Å². The van der Waals surface area contributed by atoms with Gasteiger partial charge in [0.05, 0.1) is 17.6 Å². The van der Waals surface area contributed by atoms with Gasteiger partial charge in [-0.1, -0.05) is 12.1 Å². The zero-order valence-electron chi connectivity index (χ0n) is 16.1. The van der Waals surface area contributed by atoms with Gasteiger partial charge in [-0.05, 0) is 60.7 Å². The van der Waals surface area contributed by atoms with Gasteiger partial charge in [0.2, 0.25) is 5.91 Å². The van der Waals surface area contributed by atoms with E-state index in [9.17, 15) is 9.59 Å². The number of carbonyl (C=O) groups excluding carboxylic acids is 2. The van der Waals surface area contributed by atoms with Crippen molar-refractivity contribution in [3.05, 3.63) is 47.7 Å². The van der Waals surface area contributed by atoms with Gasteiger partial charge in [0, 0.05) is 23.7 Å². The number of nitrogens with two attached hydrogens (primary N) is 1. The quantitative estimate of drug-likeness (QED) is 0.701. The standard InChI is InChI=1S/C22H21N5O2/c1-2-27(15-5-6-15)21-16-7-3-13(10-18(16)25-26-20(21)22(23)29)12-4-8-17-14(9-12)11-19(28)24-17/h3-4,7-10,15H,2,5-6,11H2,1H3,(H2,23,29)(H,24,28). The fourth-order valence-corrected chi connectivity index (χ4v) is 4.12. The van der Waals surface area contributed by atoms with Crippen molar-refractivity contribution < 1.29 is 9.59 Å². The van der Waals surface area contributed by atoms with Crippen molar-refractivity contribution in [2.45, 2.75) is 32.2 Å². The van der Waals surface area contributed by atoms with Crippen molar-refractivity contribution in [1.82, 2.24) is 10.2 Å². The number of anilines is 2. The van der Waals surface area contributed by atoms with Crippen LogP contribution in [0.1, 0.15) is 35.8 Å². The minimum Gasteiger partial charge on any atom is -0.366 e. The highest BCUT2D eigenvalue weighted by molar-refractivity contribution is 6.06. The van der Waals surface area contributed by atoms with Crippen LogP contribution in [0.15, 0.2) is 36.4 Å². The first-order valence-corrected chi connectivity index (χ1v) is 9.85. The van der Waals surface area contributed by atoms with E-state index in [1.807, 2.05) is 36.4 Å². The Morgan fingerprint density at radius 1 is 1.17 bits per heavy atom. The third kappa shape index (κ3) is 2.99. The molecular formula is C22H21N5O2. The van der Waals surface area contributed by atoms with Crippen LogP contribution in [0.5, 0.6) is 0 Å². The Bertz CT molecular complexity index is 1170. The molecule has 146 valence electrons. The molecule has 7 nitrogen and oxygen atoms in total. The number of nitrogens with zero attached hydrogens (tertiary/aromatic N) is 3. The van der Waals surface area contributed by atoms with Crippen LogP contribution in [-0.2, 0) is 11.2 Å². The summed E-state index contributed by atoms with van der Waals surface area (Å²) >= 11 is 0. The summed E-state index contributed by atoms with van der Waals surface area (Å²) in [6.07, 6.45) is 2.61. The molecule has 1 aliphatic carbocycles. The van der Waals surface area contributed by atoms with Gasteiger partial charge in [-0.15, -0.1) is 10.2 Å². The Balaban J connectivity index is 1.63. The third-order valence-corrected chi connectivity index (χ3v) is 5.65. The SMILES string of the molecule is CCN(c1c(C(N)=O)nnc2cc(-c3ccc4c(c3)CC(=O)N4)ccc12)C1CC1. The highest BCUT2D eigenvalue weighted by Crippen LogP contribution is 2.38. The van der Waals surface area contributed by atoms with Crippen molar-refractivity contribution in [3.8, 4) is 11.1 Å². The molecule has 1 aliphatic heterocycles. The van der Waals surface area contributed by atoms with Crippen LogP contribution < -0.4 is 16.0 Å². The van der Waals surface area contributed by atoms with Crippen molar-refractivity contribution in [2.75, 3.05) is 16.8 Å². The maximum atomic E-state index is 12.0. The van der Waals surface area contributed by atoms with E-state index in [1.165, 1.54) is 0 Å². The Morgan fingerprint density at radius 2 is 1.93 bits per heavy atom. The highest BCUT2D eigenvalue weighted by atomic mass is 16.2. The second kappa shape index (κ2) is 6.55. The molecular weight excluding hydrogens is 366 g/mol. The number of primary amides is 1. The van der Waals surface area contributed by atoms with E-state index in [2.05, 4.69) is 27.3 Å². The number of carbonyl (C=O) groups is 2. The molecule has 0 spiro atoms. The molecule has 1 fully saturated rings. The molecule has 0 unspecified atom stereocenters. The maximum absolute atomic E-state index is 12.0. The number of amides is 2. The van der Waals surface area contributed by atoms with Crippen LogP contribution in [0.2, 0.25) is 0 Å². The van der Waals surface area contributed by atoms with Gasteiger partial charge in [0.15, 0.2) is 5.69 Å². The second-order valence-corrected chi connectivity index (χ2v) is 7.61. The first-order chi connectivity index (χ1) is 14.0. The predicted molar refractivity (Wildman–Crippen MR) is 112 cm³/mol. The smallest absolute Gasteiger partial charge is 0.271 e. The molecule has 7 heteroatoms. The van der Waals surface area contributed by atoms with Crippen molar-refractivity contribution >= 4 is 34.1 Å². The lowest BCUT2D eigenvalue weighted by Gasteiger charge is -2.25. The predicted octanol–water partition coefficient (Wildman–Crippen LogP) is 2.88. The molecule has 2 aliphatic rings. The van der Waals surface area contributed by atoms with E-state index in [1.54, 1.807) is 0 Å². The van der Waals surface area contributed by atoms with Gasteiger partial charge in [0.25, 0.3) is 5.91 Å². The van der Waals surface area contributed by atoms with Crippen LogP contribution in [0, 0.1) is 0 Å². The van der Waals surface area contributed by atoms with E-state index in [4.69, 9.17) is 5.73 Å². The third-order valence-electron chi connectivity index (χ3n) is 5.65. The average Bonchev–Trinajstić information content (AvgIpc) is 3.47. The van der Waals surface area contributed by atoms with Gasteiger partial charge >= 0.3 is 0 Å². The summed E-state index contributed by atoms with van der Waals surface area (Å²) in [5, 5.41) is 12.2. The van der Waals surface area contributed by atoms with Gasteiger partial charge in [-0.2, -0.15) is 0 Å². The molecule has 5 rings (SSSR count). The minimum absolute atomic E-state index is 0.0184. The summed E-state index contributed by atoms with van der Waals surface area (Å²) in [5.41, 5.74) is 11.2. The molecule has 0 saturated heterocycles. The normalized spacial score (nSPS) is 15.3. The van der Waals surface area contributed by atoms with Crippen LogP contribution in [0.3, 0.4) is 0 Å². The summed E-state index contributed by atoms with van der Waals surface area (Å²) in [6.45, 7) is 2.85. The van der Waals surface area contributed by atoms with Gasteiger partial charge < -0.3 is 16.0 Å². The lowest BCUT2D eigenvalue weighted by Crippen LogP contribution is -2.29. The number of rotatable bonds is 5. The van der Waals surface area contributed by atoms with Gasteiger partial charge in [0.1, 0.15) is 0 Å². The second-order valence-electron chi connectivity index (χ2n) is 7.61. The lowest BCUT2D eigenvalue weighted by atomic mass is 9.99. The number of nitrogens with one attached hydrogen (secondary N) is 1. The molecule has 0 atom stereocenters. The maximum Gasteiger partial charge on any atom is 0.271 e. The fourth-order valence-electron chi connectivity index (χ4n) is 4.12. The number of aromatic nitrogens is 2. The average molecular weight is 387 g/mol. The van der Waals surface area contributed by atoms with Crippen molar-refractivity contribution in [1.29, 1.82) is 0 Å². The fraction of sp³-hybridized carbons (Fsp3) is 0.273. The van der Waals surface area contributed by atoms with Crippen LogP contribution in [0.4, 0.5) is 11.4 Å². The first-order valence-electron chi connectivity index (χ1n) is 9.85.